The minimum atomic E-state index is -0.0812. The number of nitrogens with zero attached hydrogens (tertiary/aromatic N) is 3. The van der Waals surface area contributed by atoms with E-state index in [1.54, 1.807) is 12.3 Å². The molecular weight excluding hydrogens is 334 g/mol. The standard InChI is InChI=1S/C14H18BrN5O/c15-12-6-11(7-17)13(19-8-12)20-5-1-2-10(9-20)14(21)18-4-3-16/h6,8,10H,1-5,9,16H2,(H,18,21). The van der Waals surface area contributed by atoms with Gasteiger partial charge in [0.1, 0.15) is 11.9 Å². The normalized spacial score (nSPS) is 18.1. The Balaban J connectivity index is 2.11. The summed E-state index contributed by atoms with van der Waals surface area (Å²) in [6.07, 6.45) is 3.43. The van der Waals surface area contributed by atoms with Crippen LogP contribution in [0.4, 0.5) is 5.82 Å². The molecule has 0 spiro atoms. The summed E-state index contributed by atoms with van der Waals surface area (Å²) in [4.78, 5) is 18.4. The van der Waals surface area contributed by atoms with Gasteiger partial charge in [-0.25, -0.2) is 4.98 Å². The molecule has 0 radical (unpaired) electrons. The van der Waals surface area contributed by atoms with Gasteiger partial charge in [0.2, 0.25) is 5.91 Å². The number of carbonyl (C=O) groups is 1. The number of hydrogen-bond acceptors (Lipinski definition) is 5. The van der Waals surface area contributed by atoms with Gasteiger partial charge in [0.05, 0.1) is 11.5 Å². The number of pyridine rings is 1. The third kappa shape index (κ3) is 3.93. The summed E-state index contributed by atoms with van der Waals surface area (Å²) in [7, 11) is 0. The molecule has 1 saturated heterocycles. The monoisotopic (exact) mass is 351 g/mol. The van der Waals surface area contributed by atoms with Gasteiger partial charge >= 0.3 is 0 Å². The quantitative estimate of drug-likeness (QED) is 0.843. The Morgan fingerprint density at radius 3 is 3.19 bits per heavy atom. The number of nitrogens with two attached hydrogens (primary N) is 1. The van der Waals surface area contributed by atoms with Crippen LogP contribution in [0.1, 0.15) is 18.4 Å². The van der Waals surface area contributed by atoms with Gasteiger partial charge in [-0.15, -0.1) is 0 Å². The van der Waals surface area contributed by atoms with E-state index in [1.807, 2.05) is 4.90 Å². The van der Waals surface area contributed by atoms with Gasteiger partial charge in [-0.2, -0.15) is 5.26 Å². The van der Waals surface area contributed by atoms with Gasteiger partial charge in [0.15, 0.2) is 0 Å². The van der Waals surface area contributed by atoms with E-state index in [0.29, 0.717) is 31.0 Å². The average molecular weight is 352 g/mol. The molecule has 0 aliphatic carbocycles. The maximum atomic E-state index is 12.1. The molecule has 6 nitrogen and oxygen atoms in total. The Kier molecular flexibility index (Phi) is 5.53. The van der Waals surface area contributed by atoms with Gasteiger partial charge in [0.25, 0.3) is 0 Å². The van der Waals surface area contributed by atoms with E-state index in [2.05, 4.69) is 32.3 Å². The van der Waals surface area contributed by atoms with Crippen molar-refractivity contribution in [3.05, 3.63) is 22.3 Å². The second kappa shape index (κ2) is 7.38. The van der Waals surface area contributed by atoms with Crippen LogP contribution in [0.5, 0.6) is 0 Å². The first-order valence-corrected chi connectivity index (χ1v) is 7.73. The summed E-state index contributed by atoms with van der Waals surface area (Å²) in [5, 5.41) is 12.1. The first-order valence-electron chi connectivity index (χ1n) is 6.94. The van der Waals surface area contributed by atoms with E-state index in [0.717, 1.165) is 23.9 Å². The molecule has 0 aromatic carbocycles. The predicted octanol–water partition coefficient (Wildman–Crippen LogP) is 1.01. The lowest BCUT2D eigenvalue weighted by Crippen LogP contribution is -2.44. The zero-order chi connectivity index (χ0) is 15.2. The highest BCUT2D eigenvalue weighted by Crippen LogP contribution is 2.26. The second-order valence-corrected chi connectivity index (χ2v) is 5.92. The largest absolute Gasteiger partial charge is 0.355 e. The van der Waals surface area contributed by atoms with Crippen LogP contribution in [-0.4, -0.2) is 37.1 Å². The van der Waals surface area contributed by atoms with E-state index in [4.69, 9.17) is 5.73 Å². The Morgan fingerprint density at radius 1 is 1.67 bits per heavy atom. The molecule has 1 aromatic heterocycles. The molecule has 0 bridgehead atoms. The van der Waals surface area contributed by atoms with Crippen LogP contribution in [0.2, 0.25) is 0 Å². The van der Waals surface area contributed by atoms with Gasteiger partial charge < -0.3 is 16.0 Å². The Labute approximate surface area is 132 Å². The minimum absolute atomic E-state index is 0.0285. The van der Waals surface area contributed by atoms with Crippen LogP contribution in [0, 0.1) is 17.2 Å². The highest BCUT2D eigenvalue weighted by atomic mass is 79.9. The van der Waals surface area contributed by atoms with Crippen LogP contribution in [0.25, 0.3) is 0 Å². The molecule has 1 unspecified atom stereocenters. The van der Waals surface area contributed by atoms with Crippen LogP contribution in [-0.2, 0) is 4.79 Å². The number of halogens is 1. The Hall–Kier alpha value is -1.65. The van der Waals surface area contributed by atoms with Crippen LogP contribution < -0.4 is 16.0 Å². The van der Waals surface area contributed by atoms with Crippen molar-refractivity contribution in [1.82, 2.24) is 10.3 Å². The molecular formula is C14H18BrN5O. The topological polar surface area (TPSA) is 95.0 Å². The van der Waals surface area contributed by atoms with E-state index >= 15 is 0 Å². The van der Waals surface area contributed by atoms with Crippen molar-refractivity contribution in [1.29, 1.82) is 5.26 Å². The number of anilines is 1. The highest BCUT2D eigenvalue weighted by Gasteiger charge is 2.27. The third-order valence-electron chi connectivity index (χ3n) is 3.49. The van der Waals surface area contributed by atoms with Gasteiger partial charge in [-0.05, 0) is 34.8 Å². The molecule has 1 aliphatic rings. The number of amides is 1. The maximum absolute atomic E-state index is 12.1. The number of nitrogens with one attached hydrogen (secondary N) is 1. The van der Waals surface area contributed by atoms with E-state index in [9.17, 15) is 10.1 Å². The highest BCUT2D eigenvalue weighted by molar-refractivity contribution is 9.10. The van der Waals surface area contributed by atoms with E-state index < -0.39 is 0 Å². The van der Waals surface area contributed by atoms with Crippen LogP contribution in [0.15, 0.2) is 16.7 Å². The molecule has 2 heterocycles. The molecule has 0 saturated carbocycles. The number of carbonyl (C=O) groups excluding carboxylic acids is 1. The second-order valence-electron chi connectivity index (χ2n) is 5.00. The molecule has 21 heavy (non-hydrogen) atoms. The number of rotatable bonds is 4. The lowest BCUT2D eigenvalue weighted by Gasteiger charge is -2.33. The average Bonchev–Trinajstić information content (AvgIpc) is 2.52. The number of hydrogen-bond donors (Lipinski definition) is 2. The summed E-state index contributed by atoms with van der Waals surface area (Å²) in [6, 6.07) is 3.91. The third-order valence-corrected chi connectivity index (χ3v) is 3.92. The van der Waals surface area contributed by atoms with Gasteiger partial charge in [-0.1, -0.05) is 0 Å². The van der Waals surface area contributed by atoms with Crippen LogP contribution in [0.3, 0.4) is 0 Å². The van der Waals surface area contributed by atoms with Crippen molar-refractivity contribution in [3.8, 4) is 6.07 Å². The fourth-order valence-electron chi connectivity index (χ4n) is 2.49. The molecule has 2 rings (SSSR count). The summed E-state index contributed by atoms with van der Waals surface area (Å²) < 4.78 is 0.775. The maximum Gasteiger partial charge on any atom is 0.224 e. The van der Waals surface area contributed by atoms with Crippen LogP contribution >= 0.6 is 15.9 Å². The fraction of sp³-hybridized carbons (Fsp3) is 0.500. The molecule has 1 amide bonds. The molecule has 112 valence electrons. The predicted molar refractivity (Wildman–Crippen MR) is 83.7 cm³/mol. The lowest BCUT2D eigenvalue weighted by atomic mass is 9.97. The number of nitriles is 1. The van der Waals surface area contributed by atoms with E-state index in [1.165, 1.54) is 0 Å². The lowest BCUT2D eigenvalue weighted by molar-refractivity contribution is -0.125. The Bertz CT molecular complexity index is 557. The molecule has 1 fully saturated rings. The van der Waals surface area contributed by atoms with Crippen molar-refractivity contribution in [3.63, 3.8) is 0 Å². The molecule has 3 N–H and O–H groups in total. The molecule has 7 heteroatoms. The van der Waals surface area contributed by atoms with Crippen molar-refractivity contribution in [2.45, 2.75) is 12.8 Å². The summed E-state index contributed by atoms with van der Waals surface area (Å²) in [5.74, 6) is 0.597. The SMILES string of the molecule is N#Cc1cc(Br)cnc1N1CCCC(C(=O)NCCN)C1. The first-order chi connectivity index (χ1) is 10.2. The molecule has 1 aliphatic heterocycles. The molecule has 1 atom stereocenters. The van der Waals surface area contributed by atoms with E-state index in [-0.39, 0.29) is 11.8 Å². The summed E-state index contributed by atoms with van der Waals surface area (Å²) in [5.41, 5.74) is 5.92. The van der Waals surface area contributed by atoms with Crippen molar-refractivity contribution >= 4 is 27.7 Å². The minimum Gasteiger partial charge on any atom is -0.355 e. The zero-order valence-corrected chi connectivity index (χ0v) is 13.3. The zero-order valence-electron chi connectivity index (χ0n) is 11.7. The van der Waals surface area contributed by atoms with Crippen molar-refractivity contribution in [2.75, 3.05) is 31.1 Å². The summed E-state index contributed by atoms with van der Waals surface area (Å²) in [6.45, 7) is 2.33. The first kappa shape index (κ1) is 15.7. The fourth-order valence-corrected chi connectivity index (χ4v) is 2.82. The smallest absolute Gasteiger partial charge is 0.224 e. The van der Waals surface area contributed by atoms with Gasteiger partial charge in [-0.3, -0.25) is 4.79 Å². The summed E-state index contributed by atoms with van der Waals surface area (Å²) >= 11 is 3.32. The number of piperidine rings is 1. The van der Waals surface area contributed by atoms with Crippen molar-refractivity contribution < 1.29 is 4.79 Å². The number of aromatic nitrogens is 1. The Morgan fingerprint density at radius 2 is 2.48 bits per heavy atom. The molecule has 1 aromatic rings. The van der Waals surface area contributed by atoms with Crippen molar-refractivity contribution in [2.24, 2.45) is 11.7 Å². The van der Waals surface area contributed by atoms with Gasteiger partial charge in [0, 0.05) is 36.8 Å².